The third-order valence-electron chi connectivity index (χ3n) is 3.42. The molecule has 0 atom stereocenters. The Bertz CT molecular complexity index is 406. The van der Waals surface area contributed by atoms with Crippen molar-refractivity contribution in [3.63, 3.8) is 0 Å². The summed E-state index contributed by atoms with van der Waals surface area (Å²) < 4.78 is 0. The fraction of sp³-hybridized carbons (Fsp3) is 0.667. The van der Waals surface area contributed by atoms with Crippen LogP contribution < -0.4 is 0 Å². The Balaban J connectivity index is 1.90. The fourth-order valence-electron chi connectivity index (χ4n) is 2.10. The predicted molar refractivity (Wildman–Crippen MR) is 77.4 cm³/mol. The van der Waals surface area contributed by atoms with Crippen molar-refractivity contribution in [3.8, 4) is 0 Å². The van der Waals surface area contributed by atoms with Gasteiger partial charge in [0, 0.05) is 10.9 Å². The van der Waals surface area contributed by atoms with E-state index >= 15 is 0 Å². The lowest BCUT2D eigenvalue weighted by Gasteiger charge is -2.21. The zero-order chi connectivity index (χ0) is 13.1. The highest BCUT2D eigenvalue weighted by atomic mass is 32.1. The van der Waals surface area contributed by atoms with Crippen molar-refractivity contribution in [3.05, 3.63) is 21.9 Å². The summed E-state index contributed by atoms with van der Waals surface area (Å²) in [7, 11) is 0. The van der Waals surface area contributed by atoms with Gasteiger partial charge in [-0.25, -0.2) is 0 Å². The molecule has 1 aromatic rings. The van der Waals surface area contributed by atoms with Gasteiger partial charge in [0.2, 0.25) is 0 Å². The normalized spacial score (nSPS) is 15.6. The van der Waals surface area contributed by atoms with Crippen LogP contribution in [0.5, 0.6) is 0 Å². The molecule has 0 amide bonds. The number of aryl methyl sites for hydroxylation is 1. The Morgan fingerprint density at radius 1 is 1.44 bits per heavy atom. The number of nitrogens with zero attached hydrogens (tertiary/aromatic N) is 1. The topological polar surface area (TPSA) is 20.3 Å². The molecule has 18 heavy (non-hydrogen) atoms. The van der Waals surface area contributed by atoms with Crippen LogP contribution in [0.15, 0.2) is 12.1 Å². The highest BCUT2D eigenvalue weighted by molar-refractivity contribution is 7.14. The van der Waals surface area contributed by atoms with E-state index in [-0.39, 0.29) is 0 Å². The third-order valence-corrected chi connectivity index (χ3v) is 4.46. The van der Waals surface area contributed by atoms with Crippen LogP contribution in [0.25, 0.3) is 0 Å². The molecule has 0 aliphatic heterocycles. The second-order valence-corrected chi connectivity index (χ2v) is 7.01. The molecule has 2 rings (SSSR count). The first kappa shape index (κ1) is 13.8. The molecule has 0 aromatic carbocycles. The first-order valence-electron chi connectivity index (χ1n) is 6.90. The second-order valence-electron chi connectivity index (χ2n) is 5.72. The maximum absolute atomic E-state index is 12.2. The maximum Gasteiger partial charge on any atom is 0.186 e. The van der Waals surface area contributed by atoms with E-state index in [1.54, 1.807) is 11.3 Å². The van der Waals surface area contributed by atoms with Crippen molar-refractivity contribution in [2.24, 2.45) is 5.92 Å². The van der Waals surface area contributed by atoms with Crippen LogP contribution in [0.3, 0.4) is 0 Å². The van der Waals surface area contributed by atoms with Crippen LogP contribution in [0.4, 0.5) is 0 Å². The number of hydrogen-bond acceptors (Lipinski definition) is 3. The van der Waals surface area contributed by atoms with E-state index < -0.39 is 0 Å². The summed E-state index contributed by atoms with van der Waals surface area (Å²) in [6.45, 7) is 8.22. The minimum atomic E-state index is 0.295. The quantitative estimate of drug-likeness (QED) is 0.700. The van der Waals surface area contributed by atoms with Gasteiger partial charge in [0.25, 0.3) is 0 Å². The van der Waals surface area contributed by atoms with Gasteiger partial charge in [-0.05, 0) is 50.8 Å². The number of rotatable bonds is 7. The van der Waals surface area contributed by atoms with Crippen LogP contribution in [-0.4, -0.2) is 29.8 Å². The molecule has 0 saturated heterocycles. The standard InChI is InChI=1S/C15H23NOS/c1-11(2)8-9-16(13-5-6-13)10-14(17)15-7-4-12(3)18-15/h4,7,11,13H,5-6,8-10H2,1-3H3. The van der Waals surface area contributed by atoms with Crippen molar-refractivity contribution in [1.29, 1.82) is 0 Å². The third kappa shape index (κ3) is 3.92. The molecule has 1 aliphatic rings. The number of carbonyl (C=O) groups is 1. The molecule has 0 unspecified atom stereocenters. The van der Waals surface area contributed by atoms with Crippen LogP contribution in [-0.2, 0) is 0 Å². The first-order valence-corrected chi connectivity index (χ1v) is 7.71. The highest BCUT2D eigenvalue weighted by Gasteiger charge is 2.30. The van der Waals surface area contributed by atoms with Gasteiger partial charge in [-0.2, -0.15) is 0 Å². The van der Waals surface area contributed by atoms with Crippen LogP contribution in [0.2, 0.25) is 0 Å². The molecule has 1 saturated carbocycles. The summed E-state index contributed by atoms with van der Waals surface area (Å²) in [4.78, 5) is 16.7. The van der Waals surface area contributed by atoms with E-state index in [0.717, 1.165) is 11.4 Å². The van der Waals surface area contributed by atoms with Crippen LogP contribution in [0, 0.1) is 12.8 Å². The number of ketones is 1. The summed E-state index contributed by atoms with van der Waals surface area (Å²) in [5, 5.41) is 0. The van der Waals surface area contributed by atoms with Crippen molar-refractivity contribution in [1.82, 2.24) is 4.90 Å². The summed E-state index contributed by atoms with van der Waals surface area (Å²) >= 11 is 1.62. The Morgan fingerprint density at radius 2 is 2.17 bits per heavy atom. The van der Waals surface area contributed by atoms with Gasteiger partial charge < -0.3 is 0 Å². The van der Waals surface area contributed by atoms with Gasteiger partial charge >= 0.3 is 0 Å². The van der Waals surface area contributed by atoms with E-state index in [1.165, 1.54) is 24.1 Å². The van der Waals surface area contributed by atoms with E-state index in [0.29, 0.717) is 24.3 Å². The van der Waals surface area contributed by atoms with E-state index in [1.807, 2.05) is 12.1 Å². The zero-order valence-electron chi connectivity index (χ0n) is 11.6. The molecule has 0 bridgehead atoms. The van der Waals surface area contributed by atoms with E-state index in [2.05, 4.69) is 25.7 Å². The average Bonchev–Trinajstić information content (AvgIpc) is 3.06. The predicted octanol–water partition coefficient (Wildman–Crippen LogP) is 3.75. The Hall–Kier alpha value is -0.670. The monoisotopic (exact) mass is 265 g/mol. The average molecular weight is 265 g/mol. The van der Waals surface area contributed by atoms with Crippen molar-refractivity contribution < 1.29 is 4.79 Å². The summed E-state index contributed by atoms with van der Waals surface area (Å²) in [6.07, 6.45) is 3.73. The summed E-state index contributed by atoms with van der Waals surface area (Å²) in [6, 6.07) is 4.68. The molecule has 3 heteroatoms. The van der Waals surface area contributed by atoms with Gasteiger partial charge in [0.1, 0.15) is 0 Å². The molecular weight excluding hydrogens is 242 g/mol. The number of Topliss-reactive ketones (excluding diaryl/α,β-unsaturated/α-hetero) is 1. The molecular formula is C15H23NOS. The molecule has 2 nitrogen and oxygen atoms in total. The van der Waals surface area contributed by atoms with Gasteiger partial charge in [0.05, 0.1) is 11.4 Å². The van der Waals surface area contributed by atoms with Crippen molar-refractivity contribution >= 4 is 17.1 Å². The molecule has 1 aliphatic carbocycles. The van der Waals surface area contributed by atoms with Gasteiger partial charge in [-0.3, -0.25) is 9.69 Å². The zero-order valence-corrected chi connectivity index (χ0v) is 12.4. The highest BCUT2D eigenvalue weighted by Crippen LogP contribution is 2.28. The van der Waals surface area contributed by atoms with Crippen LogP contribution >= 0.6 is 11.3 Å². The number of carbonyl (C=O) groups excluding carboxylic acids is 1. The Morgan fingerprint density at radius 3 is 2.67 bits per heavy atom. The molecule has 0 N–H and O–H groups in total. The Kier molecular flexibility index (Phi) is 4.57. The Labute approximate surface area is 114 Å². The van der Waals surface area contributed by atoms with Gasteiger partial charge in [-0.15, -0.1) is 11.3 Å². The maximum atomic E-state index is 12.2. The lowest BCUT2D eigenvalue weighted by molar-refractivity contribution is 0.0924. The minimum Gasteiger partial charge on any atom is -0.293 e. The smallest absolute Gasteiger partial charge is 0.186 e. The first-order chi connectivity index (χ1) is 8.56. The lowest BCUT2D eigenvalue weighted by atomic mass is 10.1. The van der Waals surface area contributed by atoms with Crippen LogP contribution in [0.1, 0.15) is 47.7 Å². The molecule has 1 aromatic heterocycles. The fourth-order valence-corrected chi connectivity index (χ4v) is 2.90. The molecule has 1 fully saturated rings. The summed E-state index contributed by atoms with van der Waals surface area (Å²) in [5.41, 5.74) is 0. The molecule has 0 radical (unpaired) electrons. The van der Waals surface area contributed by atoms with E-state index in [9.17, 15) is 4.79 Å². The van der Waals surface area contributed by atoms with E-state index in [4.69, 9.17) is 0 Å². The summed E-state index contributed by atoms with van der Waals surface area (Å²) in [5.74, 6) is 1.01. The molecule has 100 valence electrons. The molecule has 1 heterocycles. The van der Waals surface area contributed by atoms with Gasteiger partial charge in [0.15, 0.2) is 5.78 Å². The SMILES string of the molecule is Cc1ccc(C(=O)CN(CCC(C)C)C2CC2)s1. The van der Waals surface area contributed by atoms with Gasteiger partial charge in [-0.1, -0.05) is 13.8 Å². The lowest BCUT2D eigenvalue weighted by Crippen LogP contribution is -2.33. The number of hydrogen-bond donors (Lipinski definition) is 0. The van der Waals surface area contributed by atoms with Crippen molar-refractivity contribution in [2.75, 3.05) is 13.1 Å². The number of thiophene rings is 1. The minimum absolute atomic E-state index is 0.295. The second kappa shape index (κ2) is 5.98. The molecule has 0 spiro atoms. The van der Waals surface area contributed by atoms with Crippen molar-refractivity contribution in [2.45, 2.75) is 46.1 Å². The largest absolute Gasteiger partial charge is 0.293 e.